The van der Waals surface area contributed by atoms with E-state index in [0.29, 0.717) is 34.2 Å². The van der Waals surface area contributed by atoms with Gasteiger partial charge in [0.25, 0.3) is 6.33 Å². The average molecular weight is 1200 g/mol. The fourth-order valence-corrected chi connectivity index (χ4v) is 10.6. The quantitative estimate of drug-likeness (QED) is 0.107. The Hall–Kier alpha value is -8.31. The van der Waals surface area contributed by atoms with Gasteiger partial charge in [-0.15, -0.1) is 29.7 Å². The van der Waals surface area contributed by atoms with E-state index in [4.69, 9.17) is 20.7 Å². The van der Waals surface area contributed by atoms with Crippen LogP contribution in [-0.2, 0) is 31.9 Å². The third-order valence-electron chi connectivity index (χ3n) is 14.7. The van der Waals surface area contributed by atoms with Crippen LogP contribution < -0.4 is 9.30 Å². The molecule has 13 rings (SSSR count). The maximum absolute atomic E-state index is 9.16. The van der Waals surface area contributed by atoms with Gasteiger partial charge in [0.05, 0.1) is 38.7 Å². The molecular weight excluding hydrogens is 1130 g/mol. The molecule has 4 heterocycles. The molecule has 0 fully saturated rings. The summed E-state index contributed by atoms with van der Waals surface area (Å²) >= 11 is 0. The Labute approximate surface area is 482 Å². The molecule has 0 aliphatic heterocycles. The SMILES string of the molecule is [2H]c1c([2H])c([2H])c2c(c1[2H])c1c([2H])c([2H])c([2H])c([2H])c1n2-c1ccc2c(c1)c1ccc(Oc3[c-]c(-n4[c-][n+](-c5c(-c6ccccc6)cccc5-c5cc(C(C)(C)C)cc(C(C)(C)C)c5)c5ccccc54)ccc3)[c-]c1n2-c1cc(C(C)C)ccn1.[Pt]. The van der Waals surface area contributed by atoms with Crippen molar-refractivity contribution in [3.8, 4) is 56.6 Å². The van der Waals surface area contributed by atoms with Crippen LogP contribution in [0.25, 0.3) is 99.8 Å². The molecule has 13 aromatic rings. The molecule has 0 aliphatic carbocycles. The summed E-state index contributed by atoms with van der Waals surface area (Å²) in [6, 6.07) is 55.3. The minimum atomic E-state index is -0.496. The normalized spacial score (nSPS) is 13.6. The van der Waals surface area contributed by atoms with Crippen LogP contribution >= 0.6 is 0 Å². The summed E-state index contributed by atoms with van der Waals surface area (Å²) in [5, 5.41) is 1.52. The first-order chi connectivity index (χ1) is 40.6. The van der Waals surface area contributed by atoms with Gasteiger partial charge in [-0.1, -0.05) is 188 Å². The topological polar surface area (TPSA) is 40.8 Å². The number of imidazole rings is 1. The molecule has 0 unspecified atom stereocenters. The molecule has 0 saturated heterocycles. The number of rotatable bonds is 9. The van der Waals surface area contributed by atoms with Crippen LogP contribution in [-0.4, -0.2) is 18.7 Å². The molecule has 0 atom stereocenters. The van der Waals surface area contributed by atoms with Crippen LogP contribution in [0.3, 0.4) is 0 Å². The first-order valence-electron chi connectivity index (χ1n) is 30.1. The molecule has 0 saturated carbocycles. The minimum absolute atomic E-state index is 0. The van der Waals surface area contributed by atoms with E-state index in [2.05, 4.69) is 157 Å². The fourth-order valence-electron chi connectivity index (χ4n) is 10.6. The summed E-state index contributed by atoms with van der Waals surface area (Å²) in [5.74, 6) is 1.68. The second-order valence-electron chi connectivity index (χ2n) is 22.1. The summed E-state index contributed by atoms with van der Waals surface area (Å²) < 4.78 is 85.4. The molecule has 0 radical (unpaired) electrons. The van der Waals surface area contributed by atoms with Gasteiger partial charge >= 0.3 is 0 Å². The van der Waals surface area contributed by atoms with Gasteiger partial charge in [-0.25, -0.2) is 4.98 Å². The van der Waals surface area contributed by atoms with Crippen molar-refractivity contribution in [2.75, 3.05) is 0 Å². The summed E-state index contributed by atoms with van der Waals surface area (Å²) in [6.45, 7) is 17.9. The summed E-state index contributed by atoms with van der Waals surface area (Å²) in [6.07, 6.45) is 5.60. The molecule has 9 aromatic carbocycles. The van der Waals surface area contributed by atoms with Gasteiger partial charge in [0.2, 0.25) is 0 Å². The zero-order chi connectivity index (χ0) is 59.7. The smallest absolute Gasteiger partial charge is 0.268 e. The van der Waals surface area contributed by atoms with Crippen LogP contribution in [0.4, 0.5) is 0 Å². The van der Waals surface area contributed by atoms with E-state index in [1.54, 1.807) is 12.3 Å². The molecule has 78 heavy (non-hydrogen) atoms. The van der Waals surface area contributed by atoms with Crippen LogP contribution in [0, 0.1) is 18.5 Å². The number of benzene rings is 9. The van der Waals surface area contributed by atoms with Gasteiger partial charge in [0.1, 0.15) is 5.82 Å². The van der Waals surface area contributed by atoms with Gasteiger partial charge in [-0.3, -0.25) is 4.57 Å². The molecule has 0 aliphatic rings. The van der Waals surface area contributed by atoms with E-state index in [1.165, 1.54) is 15.7 Å². The first-order valence-corrected chi connectivity index (χ1v) is 26.1. The predicted molar refractivity (Wildman–Crippen MR) is 317 cm³/mol. The summed E-state index contributed by atoms with van der Waals surface area (Å²) in [5.41, 5.74) is 13.2. The van der Waals surface area contributed by atoms with E-state index in [0.717, 1.165) is 60.8 Å². The van der Waals surface area contributed by atoms with Crippen LogP contribution in [0.15, 0.2) is 206 Å². The Morgan fingerprint density at radius 2 is 1.21 bits per heavy atom. The number of hydrogen-bond acceptors (Lipinski definition) is 2. The van der Waals surface area contributed by atoms with Gasteiger partial charge in [-0.2, -0.15) is 18.2 Å². The number of hydrogen-bond donors (Lipinski definition) is 0. The van der Waals surface area contributed by atoms with Crippen molar-refractivity contribution in [2.24, 2.45) is 0 Å². The third-order valence-corrected chi connectivity index (χ3v) is 14.7. The van der Waals surface area contributed by atoms with Crippen molar-refractivity contribution >= 4 is 54.6 Å². The molecule has 0 spiro atoms. The Balaban J connectivity index is 0.00000724. The first kappa shape index (κ1) is 41.8. The van der Waals surface area contributed by atoms with Crippen molar-refractivity contribution in [3.63, 3.8) is 0 Å². The Morgan fingerprint density at radius 1 is 0.551 bits per heavy atom. The van der Waals surface area contributed by atoms with Crippen molar-refractivity contribution in [3.05, 3.63) is 241 Å². The largest absolute Gasteiger partial charge is 0.510 e. The van der Waals surface area contributed by atoms with E-state index in [1.807, 2.05) is 75.9 Å². The zero-order valence-corrected chi connectivity index (χ0v) is 46.8. The maximum Gasteiger partial charge on any atom is 0.268 e. The molecule has 0 bridgehead atoms. The number of para-hydroxylation sites is 5. The monoisotopic (exact) mass is 1200 g/mol. The Morgan fingerprint density at radius 3 is 1.91 bits per heavy atom. The number of ether oxygens (including phenoxy) is 1. The molecule has 0 amide bonds. The third kappa shape index (κ3) is 8.83. The minimum Gasteiger partial charge on any atom is -0.510 e. The standard InChI is InChI=1S/C71H59N5O.Pt/c1-46(2)48-36-37-72-68(40-48)76-64-35-32-53(75-62-28-14-12-24-58(62)59-25-13-15-29-63(59)75)43-61(64)60-34-33-55(44-67(60)76)77-54-23-18-22-52(42-54)73-45-74(66-31-17-16-30-65(66)73)69-56(47-20-10-9-11-21-47)26-19-27-57(69)49-38-50(70(3,4)5)41-51(39-49)71(6,7)8;/h9-41,43,46H,1-8H3;/q-2;/i12D,13D,14D,15D,24D,25D,28D,29D;. The Kier molecular flexibility index (Phi) is 10.5. The molecular formula is C71H59N5OPt-2. The van der Waals surface area contributed by atoms with E-state index in [-0.39, 0.29) is 71.7 Å². The number of nitrogens with zero attached hydrogens (tertiary/aromatic N) is 5. The maximum atomic E-state index is 9.16. The Bertz CT molecular complexity index is 4810. The van der Waals surface area contributed by atoms with Crippen LogP contribution in [0.5, 0.6) is 11.5 Å². The van der Waals surface area contributed by atoms with Crippen LogP contribution in [0.2, 0.25) is 0 Å². The zero-order valence-electron chi connectivity index (χ0n) is 52.5. The van der Waals surface area contributed by atoms with Crippen LogP contribution in [0.1, 0.15) is 89.0 Å². The van der Waals surface area contributed by atoms with Crippen molar-refractivity contribution in [1.29, 1.82) is 0 Å². The molecule has 0 N–H and O–H groups in total. The van der Waals surface area contributed by atoms with Crippen molar-refractivity contribution < 1.29 is 41.3 Å². The van der Waals surface area contributed by atoms with Gasteiger partial charge in [0, 0.05) is 60.7 Å². The number of fused-ring (bicyclic) bond motifs is 7. The molecule has 7 heteroatoms. The summed E-state index contributed by atoms with van der Waals surface area (Å²) in [4.78, 5) is 4.89. The molecule has 4 aromatic heterocycles. The second kappa shape index (κ2) is 19.6. The number of pyridine rings is 1. The number of aromatic nitrogens is 5. The summed E-state index contributed by atoms with van der Waals surface area (Å²) in [7, 11) is 0. The molecule has 6 nitrogen and oxygen atoms in total. The van der Waals surface area contributed by atoms with Gasteiger partial charge in [0.15, 0.2) is 0 Å². The van der Waals surface area contributed by atoms with Crippen molar-refractivity contribution in [2.45, 2.75) is 72.1 Å². The van der Waals surface area contributed by atoms with Crippen molar-refractivity contribution in [1.82, 2.24) is 18.7 Å². The van der Waals surface area contributed by atoms with E-state index in [9.17, 15) is 0 Å². The average Bonchev–Trinajstić information content (AvgIpc) is 2.13. The second-order valence-corrected chi connectivity index (χ2v) is 22.1. The predicted octanol–water partition coefficient (Wildman–Crippen LogP) is 17.7. The van der Waals surface area contributed by atoms with E-state index < -0.39 is 36.3 Å². The van der Waals surface area contributed by atoms with Gasteiger partial charge in [-0.05, 0) is 109 Å². The molecule has 386 valence electrons. The van der Waals surface area contributed by atoms with E-state index >= 15 is 0 Å². The fraction of sp³-hybridized carbons (Fsp3) is 0.155. The van der Waals surface area contributed by atoms with Gasteiger partial charge < -0.3 is 18.4 Å².